The number of hydrazone groups is 1. The number of benzene rings is 2. The van der Waals surface area contributed by atoms with Gasteiger partial charge in [0.25, 0.3) is 5.91 Å². The Morgan fingerprint density at radius 1 is 1.33 bits per heavy atom. The number of carbonyl (C=O) groups excluding carboxylic acids is 1. The summed E-state index contributed by atoms with van der Waals surface area (Å²) >= 11 is 3.47. The van der Waals surface area contributed by atoms with Crippen LogP contribution in [0, 0.1) is 5.82 Å². The molecule has 0 aliphatic carbocycles. The first-order chi connectivity index (χ1) is 14.5. The van der Waals surface area contributed by atoms with Gasteiger partial charge in [0.1, 0.15) is 12.4 Å². The second-order valence-electron chi connectivity index (χ2n) is 6.63. The van der Waals surface area contributed by atoms with Crippen LogP contribution >= 0.6 is 15.9 Å². The summed E-state index contributed by atoms with van der Waals surface area (Å²) < 4.78 is 30.5. The highest BCUT2D eigenvalue weighted by atomic mass is 79.9. The van der Waals surface area contributed by atoms with Gasteiger partial charge < -0.3 is 14.2 Å². The van der Waals surface area contributed by atoms with E-state index in [-0.39, 0.29) is 24.9 Å². The molecule has 0 aromatic heterocycles. The molecule has 1 amide bonds. The van der Waals surface area contributed by atoms with Gasteiger partial charge in [0.2, 0.25) is 0 Å². The van der Waals surface area contributed by atoms with E-state index in [9.17, 15) is 9.18 Å². The van der Waals surface area contributed by atoms with Crippen molar-refractivity contribution >= 4 is 28.1 Å². The Morgan fingerprint density at radius 3 is 2.87 bits per heavy atom. The molecule has 0 atom stereocenters. The van der Waals surface area contributed by atoms with Crippen molar-refractivity contribution in [3.8, 4) is 11.5 Å². The molecule has 0 bridgehead atoms. The molecule has 30 heavy (non-hydrogen) atoms. The normalized spacial score (nSPS) is 14.6. The Morgan fingerprint density at radius 2 is 2.13 bits per heavy atom. The summed E-state index contributed by atoms with van der Waals surface area (Å²) in [5.41, 5.74) is 3.94. The lowest BCUT2D eigenvalue weighted by atomic mass is 10.2. The zero-order valence-electron chi connectivity index (χ0n) is 16.6. The second kappa shape index (κ2) is 11.1. The Balaban J connectivity index is 1.59. The van der Waals surface area contributed by atoms with E-state index < -0.39 is 0 Å². The lowest BCUT2D eigenvalue weighted by molar-refractivity contribution is -0.123. The highest BCUT2D eigenvalue weighted by Gasteiger charge is 2.14. The van der Waals surface area contributed by atoms with Crippen LogP contribution in [0.25, 0.3) is 0 Å². The molecule has 0 unspecified atom stereocenters. The number of methoxy groups -OCH3 is 1. The number of hydrogen-bond acceptors (Lipinski definition) is 6. The number of nitrogens with one attached hydrogen (secondary N) is 1. The molecule has 9 heteroatoms. The van der Waals surface area contributed by atoms with Crippen LogP contribution in [0.5, 0.6) is 11.5 Å². The molecule has 1 aliphatic rings. The van der Waals surface area contributed by atoms with Gasteiger partial charge in [-0.1, -0.05) is 12.1 Å². The molecule has 3 rings (SSSR count). The molecule has 2 aromatic carbocycles. The first kappa shape index (κ1) is 22.2. The standard InChI is InChI=1S/C21H23BrFN3O4/c1-28-19-11-16(12-24-25-20(27)13-26-5-7-29-8-6-26)10-18(22)21(19)30-14-15-3-2-4-17(23)9-15/h2-4,9-12H,5-8,13-14H2,1H3,(H,25,27)/b24-12+. The van der Waals surface area contributed by atoms with Gasteiger partial charge in [0.05, 0.1) is 37.6 Å². The van der Waals surface area contributed by atoms with Crippen LogP contribution in [0.15, 0.2) is 46.0 Å². The predicted molar refractivity (Wildman–Crippen MR) is 114 cm³/mol. The van der Waals surface area contributed by atoms with Gasteiger partial charge in [0.15, 0.2) is 11.5 Å². The number of morpholine rings is 1. The van der Waals surface area contributed by atoms with E-state index in [2.05, 4.69) is 26.5 Å². The largest absolute Gasteiger partial charge is 0.493 e. The summed E-state index contributed by atoms with van der Waals surface area (Å²) in [6.07, 6.45) is 1.53. The molecule has 1 fully saturated rings. The highest BCUT2D eigenvalue weighted by Crippen LogP contribution is 2.36. The van der Waals surface area contributed by atoms with E-state index in [0.717, 1.165) is 13.1 Å². The summed E-state index contributed by atoms with van der Waals surface area (Å²) in [4.78, 5) is 14.0. The average molecular weight is 480 g/mol. The van der Waals surface area contributed by atoms with Crippen LogP contribution in [-0.4, -0.2) is 57.0 Å². The molecule has 2 aromatic rings. The zero-order chi connectivity index (χ0) is 21.3. The fourth-order valence-electron chi connectivity index (χ4n) is 2.91. The SMILES string of the molecule is COc1cc(/C=N/NC(=O)CN2CCOCC2)cc(Br)c1OCc1cccc(F)c1. The number of carbonyl (C=O) groups is 1. The molecule has 1 heterocycles. The van der Waals surface area contributed by atoms with Gasteiger partial charge in [-0.15, -0.1) is 0 Å². The van der Waals surface area contributed by atoms with Crippen molar-refractivity contribution in [1.82, 2.24) is 10.3 Å². The summed E-state index contributed by atoms with van der Waals surface area (Å²) in [5.74, 6) is 0.482. The number of amides is 1. The molecule has 7 nitrogen and oxygen atoms in total. The van der Waals surface area contributed by atoms with Crippen LogP contribution in [0.1, 0.15) is 11.1 Å². The maximum Gasteiger partial charge on any atom is 0.254 e. The molecule has 1 aliphatic heterocycles. The lowest BCUT2D eigenvalue weighted by Gasteiger charge is -2.25. The van der Waals surface area contributed by atoms with Crippen molar-refractivity contribution in [1.29, 1.82) is 0 Å². The van der Waals surface area contributed by atoms with Crippen molar-refractivity contribution < 1.29 is 23.4 Å². The van der Waals surface area contributed by atoms with Crippen LogP contribution in [0.4, 0.5) is 4.39 Å². The van der Waals surface area contributed by atoms with Gasteiger partial charge in [0, 0.05) is 13.1 Å². The van der Waals surface area contributed by atoms with Gasteiger partial charge >= 0.3 is 0 Å². The lowest BCUT2D eigenvalue weighted by Crippen LogP contribution is -2.42. The summed E-state index contributed by atoms with van der Waals surface area (Å²) in [6.45, 7) is 3.21. The summed E-state index contributed by atoms with van der Waals surface area (Å²) in [7, 11) is 1.53. The third-order valence-corrected chi connectivity index (χ3v) is 4.99. The third-order valence-electron chi connectivity index (χ3n) is 4.40. The number of ether oxygens (including phenoxy) is 3. The quantitative estimate of drug-likeness (QED) is 0.465. The van der Waals surface area contributed by atoms with Crippen LogP contribution in [0.2, 0.25) is 0 Å². The molecule has 0 saturated carbocycles. The van der Waals surface area contributed by atoms with Crippen molar-refractivity contribution in [2.45, 2.75) is 6.61 Å². The molecular weight excluding hydrogens is 457 g/mol. The van der Waals surface area contributed by atoms with Gasteiger partial charge in [-0.25, -0.2) is 9.82 Å². The highest BCUT2D eigenvalue weighted by molar-refractivity contribution is 9.10. The van der Waals surface area contributed by atoms with Gasteiger partial charge in [-0.3, -0.25) is 9.69 Å². The van der Waals surface area contributed by atoms with Gasteiger partial charge in [-0.2, -0.15) is 5.10 Å². The van der Waals surface area contributed by atoms with Crippen molar-refractivity contribution in [3.05, 3.63) is 57.8 Å². The first-order valence-corrected chi connectivity index (χ1v) is 10.2. The van der Waals surface area contributed by atoms with Crippen molar-refractivity contribution in [2.75, 3.05) is 40.0 Å². The minimum absolute atomic E-state index is 0.186. The molecule has 0 radical (unpaired) electrons. The van der Waals surface area contributed by atoms with Gasteiger partial charge in [-0.05, 0) is 51.3 Å². The maximum atomic E-state index is 13.3. The zero-order valence-corrected chi connectivity index (χ0v) is 18.2. The average Bonchev–Trinajstić information content (AvgIpc) is 2.73. The fraction of sp³-hybridized carbons (Fsp3) is 0.333. The van der Waals surface area contributed by atoms with Crippen LogP contribution in [0.3, 0.4) is 0 Å². The predicted octanol–water partition coefficient (Wildman–Crippen LogP) is 2.96. The number of halogens is 2. The molecule has 1 saturated heterocycles. The van der Waals surface area contributed by atoms with Crippen molar-refractivity contribution in [2.24, 2.45) is 5.10 Å². The first-order valence-electron chi connectivity index (χ1n) is 9.42. The van der Waals surface area contributed by atoms with Crippen LogP contribution in [-0.2, 0) is 16.1 Å². The monoisotopic (exact) mass is 479 g/mol. The summed E-state index contributed by atoms with van der Waals surface area (Å²) in [5, 5.41) is 4.02. The minimum atomic E-state index is -0.315. The van der Waals surface area contributed by atoms with E-state index in [4.69, 9.17) is 14.2 Å². The van der Waals surface area contributed by atoms with E-state index in [1.165, 1.54) is 25.5 Å². The minimum Gasteiger partial charge on any atom is -0.493 e. The Hall–Kier alpha value is -2.49. The van der Waals surface area contributed by atoms with E-state index in [0.29, 0.717) is 40.3 Å². The number of hydrogen-bond donors (Lipinski definition) is 1. The van der Waals surface area contributed by atoms with E-state index in [1.54, 1.807) is 24.3 Å². The Labute approximate surface area is 182 Å². The number of rotatable bonds is 8. The number of nitrogens with zero attached hydrogens (tertiary/aromatic N) is 2. The van der Waals surface area contributed by atoms with Crippen molar-refractivity contribution in [3.63, 3.8) is 0 Å². The fourth-order valence-corrected chi connectivity index (χ4v) is 3.49. The molecule has 1 N–H and O–H groups in total. The smallest absolute Gasteiger partial charge is 0.254 e. The summed E-state index contributed by atoms with van der Waals surface area (Å²) in [6, 6.07) is 9.75. The van der Waals surface area contributed by atoms with Crippen LogP contribution < -0.4 is 14.9 Å². The molecule has 0 spiro atoms. The Bertz CT molecular complexity index is 904. The third kappa shape index (κ3) is 6.51. The maximum absolute atomic E-state index is 13.3. The van der Waals surface area contributed by atoms with E-state index in [1.807, 2.05) is 4.90 Å². The molecule has 160 valence electrons. The topological polar surface area (TPSA) is 72.4 Å². The van der Waals surface area contributed by atoms with E-state index >= 15 is 0 Å². The Kier molecular flexibility index (Phi) is 8.18. The second-order valence-corrected chi connectivity index (χ2v) is 7.49. The molecular formula is C21H23BrFN3O4.